The number of hydrogen-bond donors (Lipinski definition) is 0. The molecule has 0 fully saturated rings. The molecule has 2 heterocycles. The summed E-state index contributed by atoms with van der Waals surface area (Å²) >= 11 is 0. The third-order valence-electron chi connectivity index (χ3n) is 5.71. The van der Waals surface area contributed by atoms with Gasteiger partial charge in [0.25, 0.3) is 0 Å². The molecule has 0 amide bonds. The van der Waals surface area contributed by atoms with Crippen molar-refractivity contribution in [3.05, 3.63) is 134 Å². The average molecular weight is 677 g/mol. The molecule has 3 nitrogen and oxygen atoms in total. The summed E-state index contributed by atoms with van der Waals surface area (Å²) in [4.78, 5) is 11.2. The Balaban J connectivity index is 0.000000220. The second-order valence-corrected chi connectivity index (χ2v) is 8.07. The molecule has 0 unspecified atom stereocenters. The van der Waals surface area contributed by atoms with Gasteiger partial charge in [0, 0.05) is 26.3 Å². The number of nitrogens with zero attached hydrogens (tertiary/aromatic N) is 3. The van der Waals surface area contributed by atoms with Crippen LogP contribution in [0.4, 0.5) is 0 Å². The Morgan fingerprint density at radius 2 is 0.947 bits per heavy atom. The first-order valence-electron chi connectivity index (χ1n) is 12.8. The predicted molar refractivity (Wildman–Crippen MR) is 155 cm³/mol. The van der Waals surface area contributed by atoms with Gasteiger partial charge in [0.1, 0.15) is 0 Å². The number of hydrogen-bond acceptors (Lipinski definition) is 3. The number of rotatable bonds is 6. The van der Waals surface area contributed by atoms with E-state index in [9.17, 15) is 0 Å². The number of benzene rings is 3. The van der Waals surface area contributed by atoms with Crippen LogP contribution in [0, 0.1) is 18.2 Å². The normalized spacial score (nSPS) is 9.79. The molecule has 2 aromatic heterocycles. The van der Waals surface area contributed by atoms with E-state index in [1.807, 2.05) is 109 Å². The van der Waals surface area contributed by atoms with E-state index in [1.54, 1.807) is 6.20 Å². The third kappa shape index (κ3) is 10.1. The van der Waals surface area contributed by atoms with Crippen LogP contribution < -0.4 is 0 Å². The van der Waals surface area contributed by atoms with Crippen LogP contribution >= 0.6 is 0 Å². The fraction of sp³-hybridized carbons (Fsp3) is 0.176. The summed E-state index contributed by atoms with van der Waals surface area (Å²) in [7, 11) is 0. The van der Waals surface area contributed by atoms with Gasteiger partial charge in [0.2, 0.25) is 0 Å². The van der Waals surface area contributed by atoms with Crippen LogP contribution in [0.3, 0.4) is 0 Å². The molecule has 5 aromatic rings. The number of pyridine rings is 2. The molecular weight excluding hydrogens is 643 g/mol. The molecule has 0 saturated carbocycles. The first-order valence-corrected chi connectivity index (χ1v) is 12.8. The molecule has 0 spiro atoms. The minimum Gasteiger partial charge on any atom is -0.345 e. The van der Waals surface area contributed by atoms with Crippen molar-refractivity contribution >= 4 is 0 Å². The molecule has 197 valence electrons. The maximum absolute atomic E-state index is 4.65. The van der Waals surface area contributed by atoms with Crippen LogP contribution in [-0.4, -0.2) is 34.5 Å². The van der Waals surface area contributed by atoms with Crippen molar-refractivity contribution in [2.24, 2.45) is 0 Å². The molecule has 0 aliphatic rings. The van der Waals surface area contributed by atoms with Crippen molar-refractivity contribution < 1.29 is 20.1 Å². The van der Waals surface area contributed by atoms with Gasteiger partial charge >= 0.3 is 0 Å². The van der Waals surface area contributed by atoms with E-state index in [2.05, 4.69) is 53.8 Å². The fourth-order valence-corrected chi connectivity index (χ4v) is 3.59. The molecule has 0 N–H and O–H groups in total. The van der Waals surface area contributed by atoms with Gasteiger partial charge in [0.15, 0.2) is 0 Å². The molecular formula is C34H34IrN3-3. The molecule has 0 bridgehead atoms. The van der Waals surface area contributed by atoms with Crippen molar-refractivity contribution in [2.45, 2.75) is 20.8 Å². The Kier molecular flexibility index (Phi) is 14.5. The van der Waals surface area contributed by atoms with Gasteiger partial charge in [-0.25, -0.2) is 0 Å². The smallest absolute Gasteiger partial charge is 0.0160 e. The predicted octanol–water partition coefficient (Wildman–Crippen LogP) is 7.91. The van der Waals surface area contributed by atoms with E-state index in [1.165, 1.54) is 19.6 Å². The maximum atomic E-state index is 4.65. The Morgan fingerprint density at radius 3 is 1.29 bits per heavy atom. The van der Waals surface area contributed by atoms with Crippen molar-refractivity contribution in [1.82, 2.24) is 14.9 Å². The largest absolute Gasteiger partial charge is 0.345 e. The van der Waals surface area contributed by atoms with Crippen molar-refractivity contribution in [2.75, 3.05) is 19.6 Å². The van der Waals surface area contributed by atoms with E-state index < -0.39 is 0 Å². The van der Waals surface area contributed by atoms with Crippen molar-refractivity contribution in [3.8, 4) is 33.8 Å². The standard InChI is InChI=1S/C17H11N.C11H8N.C6H15N.Ir/c1-3-8-14(9-4-1)16-12-7-13-17(18-16)15-10-5-2-6-11-15;1-2-6-10(7-3-1)11-8-4-5-9-12-11;1-4-7(5-2)6-3;/h1-8,10,12-13H;1-6,8-9H;4-6H2,1-3H3;/q-2;-1;;. The maximum Gasteiger partial charge on any atom is 0.0160 e. The summed E-state index contributed by atoms with van der Waals surface area (Å²) in [5, 5.41) is 0. The fourth-order valence-electron chi connectivity index (χ4n) is 3.59. The zero-order valence-corrected chi connectivity index (χ0v) is 24.7. The Morgan fingerprint density at radius 1 is 0.526 bits per heavy atom. The Labute approximate surface area is 242 Å². The van der Waals surface area contributed by atoms with E-state index in [0.29, 0.717) is 0 Å². The molecule has 1 radical (unpaired) electrons. The van der Waals surface area contributed by atoms with E-state index in [0.717, 1.165) is 33.8 Å². The zero-order chi connectivity index (χ0) is 26.1. The summed E-state index contributed by atoms with van der Waals surface area (Å²) in [6.45, 7) is 10.1. The summed E-state index contributed by atoms with van der Waals surface area (Å²) in [5.74, 6) is 0. The Bertz CT molecular complexity index is 1160. The molecule has 3 aromatic carbocycles. The third-order valence-corrected chi connectivity index (χ3v) is 5.71. The van der Waals surface area contributed by atoms with Gasteiger partial charge in [-0.1, -0.05) is 51.1 Å². The zero-order valence-electron chi connectivity index (χ0n) is 22.3. The van der Waals surface area contributed by atoms with Crippen LogP contribution in [-0.2, 0) is 20.1 Å². The van der Waals surface area contributed by atoms with Gasteiger partial charge in [-0.2, -0.15) is 0 Å². The summed E-state index contributed by atoms with van der Waals surface area (Å²) in [5.41, 5.74) is 5.90. The van der Waals surface area contributed by atoms with Crippen LogP contribution in [0.2, 0.25) is 0 Å². The first-order chi connectivity index (χ1) is 18.2. The summed E-state index contributed by atoms with van der Waals surface area (Å²) in [6.07, 6.45) is 1.79. The van der Waals surface area contributed by atoms with E-state index in [4.69, 9.17) is 0 Å². The van der Waals surface area contributed by atoms with Gasteiger partial charge in [-0.05, 0) is 42.8 Å². The van der Waals surface area contributed by atoms with Crippen molar-refractivity contribution in [3.63, 3.8) is 0 Å². The summed E-state index contributed by atoms with van der Waals surface area (Å²) in [6, 6.07) is 44.9. The van der Waals surface area contributed by atoms with Crippen LogP contribution in [0.15, 0.2) is 115 Å². The molecule has 38 heavy (non-hydrogen) atoms. The minimum atomic E-state index is 0. The summed E-state index contributed by atoms with van der Waals surface area (Å²) < 4.78 is 0. The molecule has 5 rings (SSSR count). The monoisotopic (exact) mass is 677 g/mol. The second-order valence-electron chi connectivity index (χ2n) is 8.07. The number of aromatic nitrogens is 2. The van der Waals surface area contributed by atoms with Gasteiger partial charge in [0.05, 0.1) is 0 Å². The van der Waals surface area contributed by atoms with E-state index in [-0.39, 0.29) is 20.1 Å². The molecule has 0 saturated heterocycles. The SMILES string of the molecule is CCN(CC)CC.[Ir].[c-]1ccccc1-c1cccc(-c2[c-]cccc2)n1.[c-]1ccccc1-c1ccccn1. The van der Waals surface area contributed by atoms with Gasteiger partial charge in [-0.15, -0.1) is 108 Å². The van der Waals surface area contributed by atoms with Crippen LogP contribution in [0.25, 0.3) is 33.8 Å². The second kappa shape index (κ2) is 17.9. The topological polar surface area (TPSA) is 29.0 Å². The van der Waals surface area contributed by atoms with E-state index >= 15 is 0 Å². The molecule has 4 heteroatoms. The van der Waals surface area contributed by atoms with Crippen molar-refractivity contribution in [1.29, 1.82) is 0 Å². The Hall–Kier alpha value is -3.43. The first kappa shape index (κ1) is 30.8. The minimum absolute atomic E-state index is 0. The molecule has 0 atom stereocenters. The molecule has 0 aliphatic carbocycles. The average Bonchev–Trinajstić information content (AvgIpc) is 3.01. The molecule has 0 aliphatic heterocycles. The van der Waals surface area contributed by atoms with Gasteiger partial charge in [-0.3, -0.25) is 0 Å². The van der Waals surface area contributed by atoms with Crippen LogP contribution in [0.5, 0.6) is 0 Å². The quantitative estimate of drug-likeness (QED) is 0.171. The van der Waals surface area contributed by atoms with Gasteiger partial charge < -0.3 is 14.9 Å². The van der Waals surface area contributed by atoms with Crippen LogP contribution in [0.1, 0.15) is 20.8 Å².